The molecule has 2 aromatic rings. The number of rotatable bonds is 6. The van der Waals surface area contributed by atoms with Crippen molar-refractivity contribution in [2.24, 2.45) is 0 Å². The first-order chi connectivity index (χ1) is 16.1. The molecule has 1 N–H and O–H groups in total. The second kappa shape index (κ2) is 11.2. The van der Waals surface area contributed by atoms with Gasteiger partial charge in [0.1, 0.15) is 5.60 Å². The summed E-state index contributed by atoms with van der Waals surface area (Å²) >= 11 is 0. The van der Waals surface area contributed by atoms with Gasteiger partial charge in [-0.2, -0.15) is 4.31 Å². The van der Waals surface area contributed by atoms with Gasteiger partial charge in [-0.15, -0.1) is 0 Å². The molecule has 4 nitrogen and oxygen atoms in total. The molecule has 0 amide bonds. The van der Waals surface area contributed by atoms with Crippen LogP contribution >= 0.6 is 0 Å². The average molecular weight is 478 g/mol. The van der Waals surface area contributed by atoms with Gasteiger partial charge in [-0.3, -0.25) is 0 Å². The molecule has 5 heteroatoms. The molecule has 0 aromatic heterocycles. The van der Waals surface area contributed by atoms with Crippen LogP contribution in [0.4, 0.5) is 0 Å². The van der Waals surface area contributed by atoms with E-state index in [4.69, 9.17) is 0 Å². The molecule has 1 aliphatic carbocycles. The Labute approximate surface area is 205 Å². The van der Waals surface area contributed by atoms with Crippen LogP contribution in [0.25, 0.3) is 6.08 Å². The summed E-state index contributed by atoms with van der Waals surface area (Å²) in [5.41, 5.74) is 3.90. The normalized spacial score (nSPS) is 19.5. The van der Waals surface area contributed by atoms with Crippen LogP contribution in [-0.2, 0) is 10.0 Å². The van der Waals surface area contributed by atoms with E-state index < -0.39 is 15.6 Å². The van der Waals surface area contributed by atoms with E-state index >= 15 is 0 Å². The summed E-state index contributed by atoms with van der Waals surface area (Å²) in [6, 6.07) is 15.0. The van der Waals surface area contributed by atoms with Crippen LogP contribution in [0.1, 0.15) is 56.2 Å². The van der Waals surface area contributed by atoms with Crippen LogP contribution in [0, 0.1) is 25.7 Å². The van der Waals surface area contributed by atoms with Crippen molar-refractivity contribution in [3.63, 3.8) is 0 Å². The van der Waals surface area contributed by atoms with Gasteiger partial charge in [0.25, 0.3) is 0 Å². The lowest BCUT2D eigenvalue weighted by Gasteiger charge is -2.30. The molecule has 1 unspecified atom stereocenters. The number of benzene rings is 2. The van der Waals surface area contributed by atoms with E-state index in [1.54, 1.807) is 24.3 Å². The number of allylic oxidation sites excluding steroid dienone is 1. The van der Waals surface area contributed by atoms with Crippen LogP contribution in [0.15, 0.2) is 70.6 Å². The number of sulfonamides is 1. The van der Waals surface area contributed by atoms with E-state index in [0.717, 1.165) is 47.1 Å². The Morgan fingerprint density at radius 3 is 2.50 bits per heavy atom. The second-order valence-corrected chi connectivity index (χ2v) is 11.3. The standard InChI is InChI=1S/C29H35NO3S/c1-23(2)16-20-30(34(32,33)28-14-12-24(3)13-15-28)19-8-18-29(31)17-6-5-11-27(29)22-26-10-7-9-25(4)21-26/h7,9-10,12-16,21-22,31H,5-6,11,17,19-20H2,1-4H3/b27-22-. The number of aliphatic hydroxyl groups is 1. The molecule has 0 saturated heterocycles. The van der Waals surface area contributed by atoms with Crippen LogP contribution in [0.5, 0.6) is 0 Å². The van der Waals surface area contributed by atoms with E-state index in [9.17, 15) is 13.5 Å². The minimum Gasteiger partial charge on any atom is -0.374 e. The smallest absolute Gasteiger partial charge is 0.244 e. The van der Waals surface area contributed by atoms with Crippen molar-refractivity contribution >= 4 is 16.1 Å². The highest BCUT2D eigenvalue weighted by atomic mass is 32.2. The molecule has 180 valence electrons. The first kappa shape index (κ1) is 26.0. The highest BCUT2D eigenvalue weighted by Gasteiger charge is 2.32. The van der Waals surface area contributed by atoms with Crippen LogP contribution in [0.2, 0.25) is 0 Å². The zero-order chi connectivity index (χ0) is 24.8. The van der Waals surface area contributed by atoms with Crippen molar-refractivity contribution in [1.82, 2.24) is 4.31 Å². The lowest BCUT2D eigenvalue weighted by molar-refractivity contribution is 0.111. The van der Waals surface area contributed by atoms with Crippen LogP contribution in [-0.4, -0.2) is 36.5 Å². The summed E-state index contributed by atoms with van der Waals surface area (Å²) in [7, 11) is -3.71. The zero-order valence-corrected chi connectivity index (χ0v) is 21.5. The maximum absolute atomic E-state index is 13.3. The SMILES string of the molecule is CC(C)=CCN(CC#CC1(O)CCCC/C1=C/c1cccc(C)c1)S(=O)(=O)c1ccc(C)cc1. The molecule has 1 aliphatic rings. The second-order valence-electron chi connectivity index (χ2n) is 9.34. The average Bonchev–Trinajstić information content (AvgIpc) is 2.78. The van der Waals surface area contributed by atoms with Gasteiger partial charge in [0.15, 0.2) is 0 Å². The molecule has 0 radical (unpaired) electrons. The molecule has 3 rings (SSSR count). The molecule has 0 heterocycles. The van der Waals surface area contributed by atoms with Gasteiger partial charge in [-0.05, 0) is 76.6 Å². The Hall–Kier alpha value is -2.65. The van der Waals surface area contributed by atoms with E-state index in [-0.39, 0.29) is 18.0 Å². The Bertz CT molecular complexity index is 1230. The fraction of sp³-hybridized carbons (Fsp3) is 0.379. The number of aryl methyl sites for hydroxylation is 2. The third-order valence-electron chi connectivity index (χ3n) is 6.06. The van der Waals surface area contributed by atoms with Crippen molar-refractivity contribution in [1.29, 1.82) is 0 Å². The predicted molar refractivity (Wildman–Crippen MR) is 140 cm³/mol. The van der Waals surface area contributed by atoms with Gasteiger partial charge in [0.05, 0.1) is 11.4 Å². The number of nitrogens with zero attached hydrogens (tertiary/aromatic N) is 1. The lowest BCUT2D eigenvalue weighted by atomic mass is 9.79. The first-order valence-corrected chi connectivity index (χ1v) is 13.2. The van der Waals surface area contributed by atoms with Crippen molar-refractivity contribution in [3.8, 4) is 11.8 Å². The Kier molecular flexibility index (Phi) is 8.54. The molecule has 34 heavy (non-hydrogen) atoms. The summed E-state index contributed by atoms with van der Waals surface area (Å²) in [6.45, 7) is 8.10. The van der Waals surface area contributed by atoms with E-state index in [1.807, 2.05) is 58.0 Å². The zero-order valence-electron chi connectivity index (χ0n) is 20.6. The molecule has 1 fully saturated rings. The lowest BCUT2D eigenvalue weighted by Crippen LogP contribution is -2.34. The van der Waals surface area contributed by atoms with Crippen molar-refractivity contribution in [2.75, 3.05) is 13.1 Å². The van der Waals surface area contributed by atoms with E-state index in [1.165, 1.54) is 4.31 Å². The molecule has 2 aromatic carbocycles. The quantitative estimate of drug-likeness (QED) is 0.432. The van der Waals surface area contributed by atoms with Gasteiger partial charge in [-0.1, -0.05) is 77.1 Å². The van der Waals surface area contributed by atoms with Crippen molar-refractivity contribution in [3.05, 3.63) is 82.4 Å². The van der Waals surface area contributed by atoms with E-state index in [2.05, 4.69) is 17.9 Å². The van der Waals surface area contributed by atoms with E-state index in [0.29, 0.717) is 6.42 Å². The maximum atomic E-state index is 13.3. The monoisotopic (exact) mass is 477 g/mol. The van der Waals surface area contributed by atoms with Crippen molar-refractivity contribution in [2.45, 2.75) is 63.9 Å². The molecule has 1 atom stereocenters. The topological polar surface area (TPSA) is 57.6 Å². The number of hydrogen-bond donors (Lipinski definition) is 1. The minimum absolute atomic E-state index is 0.0139. The van der Waals surface area contributed by atoms with Crippen LogP contribution < -0.4 is 0 Å². The summed E-state index contributed by atoms with van der Waals surface area (Å²) in [5, 5.41) is 11.4. The fourth-order valence-corrected chi connectivity index (χ4v) is 5.31. The third-order valence-corrected chi connectivity index (χ3v) is 7.89. The van der Waals surface area contributed by atoms with Crippen LogP contribution in [0.3, 0.4) is 0 Å². The third kappa shape index (κ3) is 6.70. The largest absolute Gasteiger partial charge is 0.374 e. The minimum atomic E-state index is -3.71. The van der Waals surface area contributed by atoms with Gasteiger partial charge < -0.3 is 5.11 Å². The summed E-state index contributed by atoms with van der Waals surface area (Å²) in [4.78, 5) is 0.249. The maximum Gasteiger partial charge on any atom is 0.244 e. The Morgan fingerprint density at radius 1 is 1.09 bits per heavy atom. The Balaban J connectivity index is 1.89. The summed E-state index contributed by atoms with van der Waals surface area (Å²) in [5.74, 6) is 6.05. The summed E-state index contributed by atoms with van der Waals surface area (Å²) < 4.78 is 28.0. The van der Waals surface area contributed by atoms with Gasteiger partial charge in [0, 0.05) is 6.54 Å². The molecule has 0 aliphatic heterocycles. The van der Waals surface area contributed by atoms with Gasteiger partial charge in [-0.25, -0.2) is 8.42 Å². The Morgan fingerprint density at radius 2 is 1.82 bits per heavy atom. The molecule has 0 spiro atoms. The summed E-state index contributed by atoms with van der Waals surface area (Å²) in [6.07, 6.45) is 7.14. The predicted octanol–water partition coefficient (Wildman–Crippen LogP) is 5.65. The fourth-order valence-electron chi connectivity index (χ4n) is 4.02. The number of hydrogen-bond acceptors (Lipinski definition) is 3. The van der Waals surface area contributed by atoms with Gasteiger partial charge in [0.2, 0.25) is 10.0 Å². The molecular formula is C29H35NO3S. The highest BCUT2D eigenvalue weighted by Crippen LogP contribution is 2.34. The molecular weight excluding hydrogens is 442 g/mol. The molecule has 0 bridgehead atoms. The molecule has 1 saturated carbocycles. The first-order valence-electron chi connectivity index (χ1n) is 11.8. The van der Waals surface area contributed by atoms with Crippen molar-refractivity contribution < 1.29 is 13.5 Å². The highest BCUT2D eigenvalue weighted by molar-refractivity contribution is 7.89. The van der Waals surface area contributed by atoms with Gasteiger partial charge >= 0.3 is 0 Å².